The van der Waals surface area contributed by atoms with Crippen LogP contribution in [0.25, 0.3) is 11.3 Å². The smallest absolute Gasteiger partial charge is 0.435 e. The molecule has 0 amide bonds. The van der Waals surface area contributed by atoms with E-state index in [0.717, 1.165) is 37.7 Å². The van der Waals surface area contributed by atoms with Gasteiger partial charge in [0.15, 0.2) is 11.8 Å². The lowest BCUT2D eigenvalue weighted by Gasteiger charge is -2.28. The van der Waals surface area contributed by atoms with Crippen molar-refractivity contribution < 1.29 is 32.5 Å². The third kappa shape index (κ3) is 5.09. The Hall–Kier alpha value is -2.55. The molecular formula is C25H31F3N2O4. The van der Waals surface area contributed by atoms with Crippen molar-refractivity contribution >= 4 is 5.97 Å². The van der Waals surface area contributed by atoms with E-state index in [0.29, 0.717) is 30.8 Å². The van der Waals surface area contributed by atoms with Crippen LogP contribution >= 0.6 is 0 Å². The number of benzene rings is 1. The summed E-state index contributed by atoms with van der Waals surface area (Å²) in [6, 6.07) is 5.01. The average molecular weight is 481 g/mol. The number of rotatable bonds is 5. The Morgan fingerprint density at radius 1 is 1.18 bits per heavy atom. The van der Waals surface area contributed by atoms with Gasteiger partial charge < -0.3 is 14.6 Å². The first-order chi connectivity index (χ1) is 16.0. The number of aromatic nitrogens is 2. The van der Waals surface area contributed by atoms with Gasteiger partial charge in [0.2, 0.25) is 0 Å². The molecule has 4 rings (SSSR count). The van der Waals surface area contributed by atoms with E-state index in [-0.39, 0.29) is 11.7 Å². The van der Waals surface area contributed by atoms with Crippen LogP contribution in [0.3, 0.4) is 0 Å². The Morgan fingerprint density at radius 3 is 2.50 bits per heavy atom. The normalized spacial score (nSPS) is 18.3. The maximum atomic E-state index is 14.3. The Morgan fingerprint density at radius 2 is 1.88 bits per heavy atom. The average Bonchev–Trinajstić information content (AvgIpc) is 3.18. The fourth-order valence-corrected chi connectivity index (χ4v) is 4.88. The van der Waals surface area contributed by atoms with E-state index < -0.39 is 35.1 Å². The minimum absolute atomic E-state index is 0.171. The van der Waals surface area contributed by atoms with Crippen molar-refractivity contribution in [2.45, 2.75) is 89.6 Å². The first-order valence-corrected chi connectivity index (χ1v) is 11.8. The van der Waals surface area contributed by atoms with E-state index in [1.807, 2.05) is 6.07 Å². The van der Waals surface area contributed by atoms with Crippen LogP contribution in [-0.2, 0) is 22.1 Å². The SMILES string of the molecule is CC(C)(C)OC(C(=O)O)c1c(C(F)(F)F)nn(C2CCCCC2)c1-c1ccc2c(c1)CCCO2. The summed E-state index contributed by atoms with van der Waals surface area (Å²) < 4.78 is 55.8. The third-order valence-corrected chi connectivity index (χ3v) is 6.28. The Bertz CT molecular complexity index is 1050. The molecule has 1 aliphatic heterocycles. The Kier molecular flexibility index (Phi) is 6.68. The molecule has 2 aliphatic rings. The van der Waals surface area contributed by atoms with Crippen LogP contribution in [0.2, 0.25) is 0 Å². The van der Waals surface area contributed by atoms with Crippen molar-refractivity contribution in [3.63, 3.8) is 0 Å². The van der Waals surface area contributed by atoms with E-state index in [9.17, 15) is 23.1 Å². The second kappa shape index (κ2) is 9.24. The lowest BCUT2D eigenvalue weighted by molar-refractivity contribution is -0.163. The first-order valence-electron chi connectivity index (χ1n) is 11.8. The van der Waals surface area contributed by atoms with Crippen LogP contribution in [0.1, 0.15) is 88.3 Å². The quantitative estimate of drug-likeness (QED) is 0.541. The Balaban J connectivity index is 1.99. The number of carboxylic acid groups (broad SMARTS) is 1. The van der Waals surface area contributed by atoms with E-state index >= 15 is 0 Å². The number of aliphatic carboxylic acids is 1. The highest BCUT2D eigenvalue weighted by atomic mass is 19.4. The lowest BCUT2D eigenvalue weighted by Crippen LogP contribution is -2.29. The molecule has 1 unspecified atom stereocenters. The van der Waals surface area contributed by atoms with Gasteiger partial charge in [0.05, 0.1) is 29.5 Å². The second-order valence-corrected chi connectivity index (χ2v) is 10.1. The zero-order valence-corrected chi connectivity index (χ0v) is 19.7. The van der Waals surface area contributed by atoms with Gasteiger partial charge in [-0.25, -0.2) is 4.79 Å². The molecule has 1 fully saturated rings. The molecule has 2 aromatic rings. The van der Waals surface area contributed by atoms with Gasteiger partial charge in [-0.2, -0.15) is 18.3 Å². The fraction of sp³-hybridized carbons (Fsp3) is 0.600. The van der Waals surface area contributed by atoms with Crippen LogP contribution < -0.4 is 4.74 Å². The molecule has 1 aromatic heterocycles. The summed E-state index contributed by atoms with van der Waals surface area (Å²) in [6.07, 6.45) is -0.930. The van der Waals surface area contributed by atoms with Gasteiger partial charge in [-0.1, -0.05) is 19.3 Å². The summed E-state index contributed by atoms with van der Waals surface area (Å²) in [7, 11) is 0. The highest BCUT2D eigenvalue weighted by Crippen LogP contribution is 2.45. The van der Waals surface area contributed by atoms with Crippen molar-refractivity contribution in [2.24, 2.45) is 0 Å². The summed E-state index contributed by atoms with van der Waals surface area (Å²) in [5.41, 5.74) is -1.06. The van der Waals surface area contributed by atoms with Gasteiger partial charge in [0.1, 0.15) is 5.75 Å². The molecule has 1 saturated carbocycles. The summed E-state index contributed by atoms with van der Waals surface area (Å²) in [6.45, 7) is 5.46. The van der Waals surface area contributed by atoms with Crippen LogP contribution in [0.5, 0.6) is 5.75 Å². The minimum Gasteiger partial charge on any atom is -0.493 e. The number of hydrogen-bond acceptors (Lipinski definition) is 4. The van der Waals surface area contributed by atoms with Crippen LogP contribution in [0, 0.1) is 0 Å². The predicted molar refractivity (Wildman–Crippen MR) is 120 cm³/mol. The number of fused-ring (bicyclic) bond motifs is 1. The zero-order chi connectivity index (χ0) is 24.7. The summed E-state index contributed by atoms with van der Waals surface area (Å²) in [4.78, 5) is 12.3. The molecule has 1 aromatic carbocycles. The van der Waals surface area contributed by atoms with Crippen LogP contribution in [-0.4, -0.2) is 33.1 Å². The highest BCUT2D eigenvalue weighted by Gasteiger charge is 2.45. The third-order valence-electron chi connectivity index (χ3n) is 6.28. The van der Waals surface area contributed by atoms with Crippen molar-refractivity contribution in [3.05, 3.63) is 35.0 Å². The number of hydrogen-bond donors (Lipinski definition) is 1. The summed E-state index contributed by atoms with van der Waals surface area (Å²) in [5.74, 6) is -0.775. The number of aryl methyl sites for hydroxylation is 1. The molecule has 1 atom stereocenters. The molecule has 0 radical (unpaired) electrons. The molecule has 34 heavy (non-hydrogen) atoms. The topological polar surface area (TPSA) is 73.6 Å². The number of alkyl halides is 3. The largest absolute Gasteiger partial charge is 0.493 e. The molecule has 0 bridgehead atoms. The number of ether oxygens (including phenoxy) is 2. The number of nitrogens with zero attached hydrogens (tertiary/aromatic N) is 2. The van der Waals surface area contributed by atoms with Gasteiger partial charge in [-0.3, -0.25) is 4.68 Å². The maximum absolute atomic E-state index is 14.3. The standard InChI is InChI=1S/C25H31F3N2O4/c1-24(2,3)34-21(23(31)32)19-20(16-11-12-18-15(14-16)8-7-13-33-18)30(17-9-5-4-6-10-17)29-22(19)25(26,27)28/h11-12,14,17,21H,4-10,13H2,1-3H3,(H,31,32). The van der Waals surface area contributed by atoms with E-state index in [1.165, 1.54) is 4.68 Å². The van der Waals surface area contributed by atoms with Gasteiger partial charge >= 0.3 is 12.1 Å². The lowest BCUT2D eigenvalue weighted by atomic mass is 9.93. The first kappa shape index (κ1) is 24.6. The second-order valence-electron chi connectivity index (χ2n) is 10.1. The highest BCUT2D eigenvalue weighted by molar-refractivity contribution is 5.80. The maximum Gasteiger partial charge on any atom is 0.435 e. The van der Waals surface area contributed by atoms with E-state index in [2.05, 4.69) is 5.10 Å². The molecule has 0 spiro atoms. The predicted octanol–water partition coefficient (Wildman–Crippen LogP) is 6.34. The number of halogens is 3. The van der Waals surface area contributed by atoms with E-state index in [1.54, 1.807) is 32.9 Å². The zero-order valence-electron chi connectivity index (χ0n) is 19.7. The number of carbonyl (C=O) groups is 1. The van der Waals surface area contributed by atoms with Crippen molar-refractivity contribution in [2.75, 3.05) is 6.61 Å². The minimum atomic E-state index is -4.84. The van der Waals surface area contributed by atoms with Crippen LogP contribution in [0.15, 0.2) is 18.2 Å². The van der Waals surface area contributed by atoms with Crippen molar-refractivity contribution in [1.29, 1.82) is 0 Å². The fourth-order valence-electron chi connectivity index (χ4n) is 4.88. The molecule has 1 N–H and O–H groups in total. The van der Waals surface area contributed by atoms with Crippen molar-refractivity contribution in [3.8, 4) is 17.0 Å². The van der Waals surface area contributed by atoms with Gasteiger partial charge in [0, 0.05) is 5.56 Å². The number of carboxylic acids is 1. The molecule has 1 aliphatic carbocycles. The van der Waals surface area contributed by atoms with Gasteiger partial charge in [-0.05, 0) is 70.2 Å². The summed E-state index contributed by atoms with van der Waals surface area (Å²) in [5, 5.41) is 14.1. The monoisotopic (exact) mass is 480 g/mol. The van der Waals surface area contributed by atoms with Gasteiger partial charge in [-0.15, -0.1) is 0 Å². The van der Waals surface area contributed by atoms with Gasteiger partial charge in [0.25, 0.3) is 0 Å². The molecule has 186 valence electrons. The van der Waals surface area contributed by atoms with Crippen LogP contribution in [0.4, 0.5) is 13.2 Å². The van der Waals surface area contributed by atoms with Crippen molar-refractivity contribution in [1.82, 2.24) is 9.78 Å². The molecule has 9 heteroatoms. The van der Waals surface area contributed by atoms with E-state index in [4.69, 9.17) is 9.47 Å². The molecule has 0 saturated heterocycles. The molecular weight excluding hydrogens is 449 g/mol. The Labute approximate surface area is 197 Å². The molecule has 2 heterocycles. The molecule has 6 nitrogen and oxygen atoms in total. The summed E-state index contributed by atoms with van der Waals surface area (Å²) >= 11 is 0.